The monoisotopic (exact) mass is 828 g/mol. The topological polar surface area (TPSA) is 405 Å². The maximum absolute atomic E-state index is 9.55. The number of hydrogen-bond donors (Lipinski definition) is 8. The van der Waals surface area contributed by atoms with Crippen molar-refractivity contribution in [1.29, 1.82) is 0 Å². The normalized spacial score (nSPS) is 9.93. The first-order valence-electron chi connectivity index (χ1n) is 16.4. The summed E-state index contributed by atoms with van der Waals surface area (Å²) in [7, 11) is 0. The fourth-order valence-corrected chi connectivity index (χ4v) is 2.04. The van der Waals surface area contributed by atoms with Crippen LogP contribution < -0.4 is 21.7 Å². The number of quaternary nitrogens is 2. The minimum atomic E-state index is -1.51. The van der Waals surface area contributed by atoms with Crippen molar-refractivity contribution in [2.24, 2.45) is 0 Å². The van der Waals surface area contributed by atoms with Crippen molar-refractivity contribution < 1.29 is 114 Å². The van der Waals surface area contributed by atoms with Gasteiger partial charge in [-0.1, -0.05) is 0 Å². The van der Waals surface area contributed by atoms with Gasteiger partial charge in [-0.05, 0) is 12.2 Å². The average Bonchev–Trinajstić information content (AvgIpc) is 3.13. The van der Waals surface area contributed by atoms with Crippen LogP contribution in [0.3, 0.4) is 0 Å². The van der Waals surface area contributed by atoms with Gasteiger partial charge in [-0.2, -0.15) is 0 Å². The Labute approximate surface area is 329 Å². The van der Waals surface area contributed by atoms with Gasteiger partial charge in [0.2, 0.25) is 0 Å². The predicted octanol–water partition coefficient (Wildman–Crippen LogP) is -4.05. The number of rotatable bonds is 27. The van der Waals surface area contributed by atoms with Gasteiger partial charge in [-0.3, -0.25) is 0 Å². The number of carboxylic acid groups (broad SMARTS) is 8. The van der Waals surface area contributed by atoms with Gasteiger partial charge in [0.1, 0.15) is 6.42 Å². The number of carbonyl (C=O) groups excluding carboxylic acids is 2. The van der Waals surface area contributed by atoms with Gasteiger partial charge in [0.05, 0.1) is 111 Å². The van der Waals surface area contributed by atoms with E-state index in [0.717, 1.165) is 65.2 Å². The molecule has 0 amide bonds. The highest BCUT2D eigenvalue weighted by Crippen LogP contribution is 1.88. The van der Waals surface area contributed by atoms with Gasteiger partial charge >= 0.3 is 35.8 Å². The second-order valence-corrected chi connectivity index (χ2v) is 9.18. The molecule has 0 radical (unpaired) electrons. The van der Waals surface area contributed by atoms with Gasteiger partial charge in [0.15, 0.2) is 0 Å². The van der Waals surface area contributed by atoms with E-state index in [4.69, 9.17) is 54.3 Å². The largest absolute Gasteiger partial charge is 0.545 e. The Bertz CT molecular complexity index is 950. The summed E-state index contributed by atoms with van der Waals surface area (Å²) in [4.78, 5) is 76.2. The van der Waals surface area contributed by atoms with Crippen LogP contribution in [0.2, 0.25) is 0 Å². The lowest BCUT2D eigenvalue weighted by Crippen LogP contribution is -2.52. The van der Waals surface area contributed by atoms with Crippen molar-refractivity contribution in [2.75, 3.05) is 79.2 Å². The molecule has 23 heteroatoms. The van der Waals surface area contributed by atoms with Gasteiger partial charge in [-0.15, -0.1) is 0 Å². The van der Waals surface area contributed by atoms with Crippen molar-refractivity contribution >= 4 is 47.8 Å². The summed E-state index contributed by atoms with van der Waals surface area (Å²) >= 11 is 0. The molecular weight excluding hydrogens is 772 g/mol. The van der Waals surface area contributed by atoms with Gasteiger partial charge < -0.3 is 85.6 Å². The van der Waals surface area contributed by atoms with Crippen LogP contribution in [-0.2, 0) is 62.0 Å². The molecule has 0 atom stereocenters. The fourth-order valence-electron chi connectivity index (χ4n) is 2.04. The highest BCUT2D eigenvalue weighted by atomic mass is 16.5. The van der Waals surface area contributed by atoms with Crippen molar-refractivity contribution in [3.05, 3.63) is 62.5 Å². The molecule has 0 aromatic heterocycles. The van der Waals surface area contributed by atoms with E-state index in [9.17, 15) is 48.6 Å². The summed E-state index contributed by atoms with van der Waals surface area (Å²) in [5.74, 6) is -10.6. The van der Waals surface area contributed by atoms with Gasteiger partial charge in [0.25, 0.3) is 0 Å². The Morgan fingerprint density at radius 2 is 0.649 bits per heavy atom. The highest BCUT2D eigenvalue weighted by Gasteiger charge is 1.93. The standard InChI is InChI=1S/C11H24NO3.C7H16NO2.4C4H4O4/c1-2-3-6-13-8-10-15-11-9-14-7-4-5-12;1-2-4-9-6-7-10-5-3-8;4*5-3(6)1-2-4(7)8/h1-12H2;1-8H2;4*1-2H,(H,5,6)(H,7,8)/q2*+1;;;;/b;;2*2-1+;2*2-1-. The number of carbonyl (C=O) groups is 8. The molecule has 326 valence electrons. The molecule has 0 bridgehead atoms. The van der Waals surface area contributed by atoms with Crippen LogP contribution in [0, 0.1) is 13.8 Å². The molecule has 0 saturated heterocycles. The third-order valence-electron chi connectivity index (χ3n) is 4.23. The zero-order valence-corrected chi connectivity index (χ0v) is 31.6. The summed E-state index contributed by atoms with van der Waals surface area (Å²) in [6, 6.07) is 0. The number of aliphatic carboxylic acids is 8. The molecule has 0 spiro atoms. The molecular formula is C34H56N2O21+2. The van der Waals surface area contributed by atoms with E-state index in [1.165, 1.54) is 0 Å². The maximum Gasteiger partial charge on any atom is 0.328 e. The summed E-state index contributed by atoms with van der Waals surface area (Å²) < 4.78 is 26.2. The minimum absolute atomic E-state index is 0.447. The second-order valence-electron chi connectivity index (χ2n) is 9.18. The quantitative estimate of drug-likeness (QED) is 0.0222. The molecule has 0 aromatic rings. The molecule has 0 saturated carbocycles. The SMILES string of the molecule is O=C(O)/C=C/C(=O)O.O=C(O)/C=C\C(=O)O.O=C([O-])/C=C/C(=O)O.O=C([O-])/C=C\C(=O)O.[CH2+]CCCOCCOCCOCCC[NH3+].[CH2+]CCOCCOCC[NH3+]. The molecule has 0 aliphatic carbocycles. The number of carboxylic acids is 8. The van der Waals surface area contributed by atoms with Crippen molar-refractivity contribution in [3.8, 4) is 0 Å². The number of ether oxygens (including phenoxy) is 5. The van der Waals surface area contributed by atoms with Crippen molar-refractivity contribution in [2.45, 2.75) is 25.7 Å². The van der Waals surface area contributed by atoms with E-state index >= 15 is 0 Å². The first kappa shape index (κ1) is 63.1. The number of hydrogen-bond acceptors (Lipinski definition) is 15. The maximum atomic E-state index is 9.55. The third kappa shape index (κ3) is 106. The molecule has 0 heterocycles. The molecule has 0 rings (SSSR count). The van der Waals surface area contributed by atoms with Crippen LogP contribution >= 0.6 is 0 Å². The zero-order valence-electron chi connectivity index (χ0n) is 31.6. The fraction of sp³-hybridized carbons (Fsp3) is 0.471. The Morgan fingerprint density at radius 1 is 0.386 bits per heavy atom. The molecule has 0 unspecified atom stereocenters. The van der Waals surface area contributed by atoms with Crippen LogP contribution in [0.25, 0.3) is 0 Å². The minimum Gasteiger partial charge on any atom is -0.545 e. The lowest BCUT2D eigenvalue weighted by Gasteiger charge is -2.05. The lowest BCUT2D eigenvalue weighted by atomic mass is 10.4. The Balaban J connectivity index is -0.000000140. The smallest absolute Gasteiger partial charge is 0.328 e. The summed E-state index contributed by atoms with van der Waals surface area (Å²) in [5, 5.41) is 65.7. The molecule has 0 aliphatic heterocycles. The molecule has 12 N–H and O–H groups in total. The van der Waals surface area contributed by atoms with E-state index in [0.29, 0.717) is 88.2 Å². The highest BCUT2D eigenvalue weighted by molar-refractivity contribution is 5.90. The van der Waals surface area contributed by atoms with E-state index in [1.807, 2.05) is 0 Å². The molecule has 0 aromatic carbocycles. The zero-order chi connectivity index (χ0) is 45.1. The van der Waals surface area contributed by atoms with Crippen LogP contribution in [0.5, 0.6) is 0 Å². The Kier molecular flexibility index (Phi) is 60.4. The second kappa shape index (κ2) is 54.5. The first-order chi connectivity index (χ1) is 26.8. The van der Waals surface area contributed by atoms with E-state index < -0.39 is 47.8 Å². The molecule has 23 nitrogen and oxygen atoms in total. The van der Waals surface area contributed by atoms with Gasteiger partial charge in [0, 0.05) is 49.3 Å². The average molecular weight is 829 g/mol. The third-order valence-corrected chi connectivity index (χ3v) is 4.23. The van der Waals surface area contributed by atoms with Crippen LogP contribution in [0.4, 0.5) is 0 Å². The van der Waals surface area contributed by atoms with E-state index in [2.05, 4.69) is 25.3 Å². The van der Waals surface area contributed by atoms with Crippen LogP contribution in [0.15, 0.2) is 48.6 Å². The Morgan fingerprint density at radius 3 is 0.877 bits per heavy atom. The summed E-state index contributed by atoms with van der Waals surface area (Å²) in [6.07, 6.45) is 7.92. The van der Waals surface area contributed by atoms with Crippen molar-refractivity contribution in [1.82, 2.24) is 0 Å². The molecule has 0 fully saturated rings. The summed E-state index contributed by atoms with van der Waals surface area (Å²) in [5.41, 5.74) is 7.38. The van der Waals surface area contributed by atoms with Gasteiger partial charge in [-0.25, -0.2) is 28.8 Å². The Hall–Kier alpha value is -5.82. The molecule has 0 aliphatic rings. The summed E-state index contributed by atoms with van der Waals surface area (Å²) in [6.45, 7) is 16.1. The first-order valence-corrected chi connectivity index (χ1v) is 16.4. The van der Waals surface area contributed by atoms with E-state index in [1.54, 1.807) is 0 Å². The van der Waals surface area contributed by atoms with Crippen LogP contribution in [-0.4, -0.2) is 158 Å². The molecule has 57 heavy (non-hydrogen) atoms. The predicted molar refractivity (Wildman–Crippen MR) is 191 cm³/mol. The van der Waals surface area contributed by atoms with Crippen LogP contribution in [0.1, 0.15) is 25.7 Å². The van der Waals surface area contributed by atoms with Crippen molar-refractivity contribution in [3.63, 3.8) is 0 Å². The number of unbranched alkanes of at least 4 members (excludes halogenated alkanes) is 1. The lowest BCUT2D eigenvalue weighted by molar-refractivity contribution is -0.374. The van der Waals surface area contributed by atoms with E-state index in [-0.39, 0.29) is 0 Å².